The zero-order valence-corrected chi connectivity index (χ0v) is 23.0. The summed E-state index contributed by atoms with van der Waals surface area (Å²) in [5.74, 6) is -0.644. The highest BCUT2D eigenvalue weighted by atomic mass is 35.5. The lowest BCUT2D eigenvalue weighted by atomic mass is 9.74. The normalized spacial score (nSPS) is 20.8. The van der Waals surface area contributed by atoms with Gasteiger partial charge in [0.2, 0.25) is 5.91 Å². The Labute approximate surface area is 244 Å². The van der Waals surface area contributed by atoms with Crippen LogP contribution in [0.4, 0.5) is 24.7 Å². The van der Waals surface area contributed by atoms with E-state index in [4.69, 9.17) is 11.6 Å². The summed E-state index contributed by atoms with van der Waals surface area (Å²) in [6, 6.07) is 7.45. The molecule has 6 rings (SSSR count). The van der Waals surface area contributed by atoms with Gasteiger partial charge in [0, 0.05) is 31.9 Å². The number of anilines is 2. The molecule has 1 saturated carbocycles. The van der Waals surface area contributed by atoms with Crippen molar-refractivity contribution < 1.29 is 22.8 Å². The lowest BCUT2D eigenvalue weighted by molar-refractivity contribution is -0.124. The van der Waals surface area contributed by atoms with Crippen LogP contribution in [-0.4, -0.2) is 52.4 Å². The summed E-state index contributed by atoms with van der Waals surface area (Å²) in [6.45, 7) is 1.01. The summed E-state index contributed by atoms with van der Waals surface area (Å²) >= 11 is 5.89. The van der Waals surface area contributed by atoms with Crippen molar-refractivity contribution >= 4 is 34.9 Å². The molecule has 1 aromatic carbocycles. The second kappa shape index (κ2) is 10.9. The molecule has 0 atom stereocenters. The number of amides is 2. The van der Waals surface area contributed by atoms with Crippen LogP contribution in [0.25, 0.3) is 0 Å². The van der Waals surface area contributed by atoms with Gasteiger partial charge in [0.25, 0.3) is 12.3 Å². The fourth-order valence-electron chi connectivity index (χ4n) is 6.33. The molecule has 2 aromatic heterocycles. The molecule has 2 amide bonds. The molecule has 2 aliphatic heterocycles. The fraction of sp³-hybridized carbons (Fsp3) is 0.379. The lowest BCUT2D eigenvalue weighted by Crippen LogP contribution is -2.64. The summed E-state index contributed by atoms with van der Waals surface area (Å²) in [4.78, 5) is 42.0. The van der Waals surface area contributed by atoms with Gasteiger partial charge in [0.05, 0.1) is 22.5 Å². The molecule has 9 nitrogen and oxygen atoms in total. The molecule has 42 heavy (non-hydrogen) atoms. The van der Waals surface area contributed by atoms with Crippen molar-refractivity contribution in [2.75, 3.05) is 29.4 Å². The van der Waals surface area contributed by atoms with Gasteiger partial charge in [-0.25, -0.2) is 23.1 Å². The third kappa shape index (κ3) is 4.81. The molecule has 2 fully saturated rings. The Kier molecular flexibility index (Phi) is 7.22. The van der Waals surface area contributed by atoms with Crippen molar-refractivity contribution in [2.24, 2.45) is 5.92 Å². The van der Waals surface area contributed by atoms with Crippen LogP contribution in [-0.2, 0) is 10.2 Å². The number of nitrogens with one attached hydrogen (secondary N) is 1. The number of carbonyl (C=O) groups excluding carboxylic acids is 2. The lowest BCUT2D eigenvalue weighted by Gasteiger charge is -2.47. The first kappa shape index (κ1) is 27.9. The zero-order valence-electron chi connectivity index (χ0n) is 22.2. The van der Waals surface area contributed by atoms with Gasteiger partial charge < -0.3 is 15.1 Å². The summed E-state index contributed by atoms with van der Waals surface area (Å²) in [6.07, 6.45) is 3.51. The van der Waals surface area contributed by atoms with E-state index >= 15 is 0 Å². The average molecular weight is 596 g/mol. The molecule has 1 spiro atoms. The Balaban J connectivity index is 1.13. The number of fused-ring (bicyclic) bond motifs is 2. The number of rotatable bonds is 6. The topological polar surface area (TPSA) is 115 Å². The molecule has 1 saturated heterocycles. The van der Waals surface area contributed by atoms with Gasteiger partial charge in [-0.15, -0.1) is 0 Å². The first-order valence-electron chi connectivity index (χ1n) is 13.5. The van der Waals surface area contributed by atoms with E-state index in [-0.39, 0.29) is 28.5 Å². The van der Waals surface area contributed by atoms with Crippen LogP contribution < -0.4 is 15.1 Å². The van der Waals surface area contributed by atoms with Crippen molar-refractivity contribution in [3.05, 3.63) is 76.2 Å². The molecule has 4 heterocycles. The molecule has 0 radical (unpaired) electrons. The molecule has 1 aliphatic carbocycles. The van der Waals surface area contributed by atoms with Gasteiger partial charge in [-0.1, -0.05) is 17.7 Å². The van der Waals surface area contributed by atoms with Crippen molar-refractivity contribution in [1.82, 2.24) is 20.3 Å². The van der Waals surface area contributed by atoms with Gasteiger partial charge in [0.1, 0.15) is 40.7 Å². The number of pyridine rings is 1. The quantitative estimate of drug-likeness (QED) is 0.444. The van der Waals surface area contributed by atoms with Crippen LogP contribution >= 0.6 is 11.6 Å². The van der Waals surface area contributed by atoms with Crippen LogP contribution in [0.3, 0.4) is 0 Å². The maximum absolute atomic E-state index is 14.4. The van der Waals surface area contributed by atoms with E-state index in [1.807, 2.05) is 4.90 Å². The highest BCUT2D eigenvalue weighted by Gasteiger charge is 2.59. The van der Waals surface area contributed by atoms with E-state index in [1.165, 1.54) is 30.7 Å². The second-order valence-electron chi connectivity index (χ2n) is 11.0. The Hall–Kier alpha value is -4.24. The maximum Gasteiger partial charge on any atom is 0.281 e. The minimum absolute atomic E-state index is 0.0927. The van der Waals surface area contributed by atoms with Crippen molar-refractivity contribution in [3.63, 3.8) is 0 Å². The number of carbonyl (C=O) groups is 2. The molecule has 3 aliphatic rings. The third-order valence-corrected chi connectivity index (χ3v) is 8.62. The molecule has 13 heteroatoms. The van der Waals surface area contributed by atoms with Crippen LogP contribution in [0.1, 0.15) is 59.3 Å². The van der Waals surface area contributed by atoms with Gasteiger partial charge in [-0.3, -0.25) is 14.6 Å². The Bertz CT molecular complexity index is 1600. The summed E-state index contributed by atoms with van der Waals surface area (Å²) in [5.41, 5.74) is -0.107. The van der Waals surface area contributed by atoms with Gasteiger partial charge in [-0.2, -0.15) is 5.26 Å². The maximum atomic E-state index is 14.4. The summed E-state index contributed by atoms with van der Waals surface area (Å²) in [5, 5.41) is 12.4. The minimum Gasteiger partial charge on any atom is -0.352 e. The molecule has 3 aromatic rings. The number of hydrogen-bond acceptors (Lipinski definition) is 7. The van der Waals surface area contributed by atoms with E-state index in [0.717, 1.165) is 11.8 Å². The Morgan fingerprint density at radius 1 is 1.17 bits per heavy atom. The van der Waals surface area contributed by atoms with Crippen molar-refractivity contribution in [1.29, 1.82) is 5.26 Å². The highest BCUT2D eigenvalue weighted by Crippen LogP contribution is 2.49. The number of benzene rings is 1. The van der Waals surface area contributed by atoms with E-state index in [1.54, 1.807) is 11.0 Å². The van der Waals surface area contributed by atoms with Gasteiger partial charge >= 0.3 is 0 Å². The number of nitrogens with zero attached hydrogens (tertiary/aromatic N) is 6. The van der Waals surface area contributed by atoms with Gasteiger partial charge in [0.15, 0.2) is 0 Å². The number of halogens is 4. The fourth-order valence-corrected chi connectivity index (χ4v) is 6.49. The summed E-state index contributed by atoms with van der Waals surface area (Å²) in [7, 11) is 0. The number of nitriles is 1. The second-order valence-corrected chi connectivity index (χ2v) is 11.4. The van der Waals surface area contributed by atoms with Gasteiger partial charge in [-0.05, 0) is 55.4 Å². The van der Waals surface area contributed by atoms with Crippen molar-refractivity contribution in [3.8, 4) is 6.07 Å². The van der Waals surface area contributed by atoms with E-state index in [9.17, 15) is 28.0 Å². The molecule has 0 bridgehead atoms. The molecular formula is C29H25ClF3N7O2. The number of hydrogen-bond donors (Lipinski definition) is 1. The monoisotopic (exact) mass is 595 g/mol. The average Bonchev–Trinajstić information content (AvgIpc) is 3.19. The standard InChI is InChI=1S/C29H25ClF3N7O2/c30-18-7-21(24(25(32)33)36-11-18)27(41)38-20-4-1-16(2-5-20)12-40-23-8-19(31)3-6-22(23)29(28(40)42)13-39(14-29)26-17(9-34)10-35-15-37-26/h3,6-8,10-11,15-16,20,25H,1-2,4-5,12-14H2,(H,38,41)/t16-,20-. The predicted octanol–water partition coefficient (Wildman–Crippen LogP) is 4.57. The Morgan fingerprint density at radius 2 is 1.93 bits per heavy atom. The number of alkyl halides is 2. The molecule has 1 N–H and O–H groups in total. The van der Waals surface area contributed by atoms with Crippen molar-refractivity contribution in [2.45, 2.75) is 43.6 Å². The smallest absolute Gasteiger partial charge is 0.281 e. The van der Waals surface area contributed by atoms with Crippen LogP contribution in [0.2, 0.25) is 5.02 Å². The Morgan fingerprint density at radius 3 is 2.64 bits per heavy atom. The predicted molar refractivity (Wildman–Crippen MR) is 147 cm³/mol. The SMILES string of the molecule is N#Cc1cncnc1N1CC2(C1)C(=O)N(C[C@H]1CC[C@H](NC(=O)c3cc(Cl)cnc3C(F)F)CC1)c1cc(F)ccc12. The number of aromatic nitrogens is 3. The first-order valence-corrected chi connectivity index (χ1v) is 13.9. The largest absolute Gasteiger partial charge is 0.352 e. The van der Waals surface area contributed by atoms with Crippen LogP contribution in [0.5, 0.6) is 0 Å². The van der Waals surface area contributed by atoms with Crippen LogP contribution in [0, 0.1) is 23.1 Å². The first-order chi connectivity index (χ1) is 20.2. The van der Waals surface area contributed by atoms with Crippen LogP contribution in [0.15, 0.2) is 43.0 Å². The van der Waals surface area contributed by atoms with E-state index < -0.39 is 29.3 Å². The van der Waals surface area contributed by atoms with E-state index in [2.05, 4.69) is 26.3 Å². The van der Waals surface area contributed by atoms with E-state index in [0.29, 0.717) is 62.4 Å². The summed E-state index contributed by atoms with van der Waals surface area (Å²) < 4.78 is 41.1. The minimum atomic E-state index is -2.91. The molecule has 0 unspecified atom stereocenters. The molecular weight excluding hydrogens is 571 g/mol. The highest BCUT2D eigenvalue weighted by molar-refractivity contribution is 6.30. The third-order valence-electron chi connectivity index (χ3n) is 8.41. The molecule has 216 valence electrons. The zero-order chi connectivity index (χ0) is 29.6.